The van der Waals surface area contributed by atoms with E-state index in [0.29, 0.717) is 6.42 Å². The van der Waals surface area contributed by atoms with Gasteiger partial charge < -0.3 is 4.74 Å². The van der Waals surface area contributed by atoms with Gasteiger partial charge in [0.15, 0.2) is 5.78 Å². The first-order chi connectivity index (χ1) is 22.6. The van der Waals surface area contributed by atoms with E-state index in [1.165, 1.54) is 148 Å². The molecule has 1 atom stereocenters. The Labute approximate surface area is 286 Å². The number of carbonyl (C=O) groups excluding carboxylic acids is 3. The Morgan fingerprint density at radius 3 is 1.22 bits per heavy atom. The summed E-state index contributed by atoms with van der Waals surface area (Å²) in [6.07, 6.45) is 41.2. The molecule has 4 heteroatoms. The van der Waals surface area contributed by atoms with E-state index < -0.39 is 17.7 Å². The molecule has 0 spiro atoms. The number of carbonyl (C=O) groups is 3. The maximum absolute atomic E-state index is 13.2. The fourth-order valence-electron chi connectivity index (χ4n) is 7.13. The molecule has 1 rings (SSSR count). The molecule has 1 unspecified atom stereocenters. The predicted octanol–water partition coefficient (Wildman–Crippen LogP) is 13.4. The van der Waals surface area contributed by atoms with Gasteiger partial charge in [-0.25, -0.2) is 0 Å². The summed E-state index contributed by atoms with van der Waals surface area (Å²) in [4.78, 5) is 39.2. The van der Waals surface area contributed by atoms with Gasteiger partial charge in [-0.3, -0.25) is 14.4 Å². The Bertz CT molecular complexity index is 710. The number of rotatable bonds is 34. The first-order valence-corrected chi connectivity index (χ1v) is 20.9. The summed E-state index contributed by atoms with van der Waals surface area (Å²) in [5.41, 5.74) is 0. The highest BCUT2D eigenvalue weighted by molar-refractivity contribution is 6.41. The highest BCUT2D eigenvalue weighted by Gasteiger charge is 2.33. The molecule has 1 aliphatic rings. The third-order valence-corrected chi connectivity index (χ3v) is 10.3. The van der Waals surface area contributed by atoms with E-state index in [4.69, 9.17) is 4.74 Å². The molecule has 0 aromatic heterocycles. The molecule has 0 radical (unpaired) electrons. The van der Waals surface area contributed by atoms with Crippen LogP contribution in [0.15, 0.2) is 0 Å². The normalized spacial score (nSPS) is 14.4. The average Bonchev–Trinajstić information content (AvgIpc) is 3.06. The van der Waals surface area contributed by atoms with Gasteiger partial charge >= 0.3 is 5.97 Å². The fraction of sp³-hybridized carbons (Fsp3) is 0.929. The van der Waals surface area contributed by atoms with E-state index in [9.17, 15) is 14.4 Å². The van der Waals surface area contributed by atoms with Crippen molar-refractivity contribution in [2.75, 3.05) is 0 Å². The van der Waals surface area contributed by atoms with Crippen LogP contribution in [0.3, 0.4) is 0 Å². The Kier molecular flexibility index (Phi) is 30.1. The number of esters is 1. The highest BCUT2D eigenvalue weighted by Crippen LogP contribution is 2.24. The second kappa shape index (κ2) is 32.4. The second-order valence-corrected chi connectivity index (χ2v) is 14.8. The maximum atomic E-state index is 13.2. The fourth-order valence-corrected chi connectivity index (χ4v) is 7.13. The zero-order valence-electron chi connectivity index (χ0n) is 31.0. The lowest BCUT2D eigenvalue weighted by atomic mass is 9.91. The van der Waals surface area contributed by atoms with Crippen LogP contribution < -0.4 is 0 Å². The minimum atomic E-state index is -0.890. The van der Waals surface area contributed by atoms with Crippen molar-refractivity contribution in [3.05, 3.63) is 0 Å². The molecule has 0 N–H and O–H groups in total. The van der Waals surface area contributed by atoms with Crippen molar-refractivity contribution in [2.45, 2.75) is 245 Å². The lowest BCUT2D eigenvalue weighted by Crippen LogP contribution is -2.34. The molecule has 0 aromatic carbocycles. The number of hydrogen-bond donors (Lipinski definition) is 0. The molecule has 0 aliphatic heterocycles. The molecule has 0 heterocycles. The zero-order chi connectivity index (χ0) is 33.3. The summed E-state index contributed by atoms with van der Waals surface area (Å²) in [5.74, 6) is -2.15. The van der Waals surface area contributed by atoms with Gasteiger partial charge in [0.25, 0.3) is 0 Å². The number of unbranched alkanes of at least 4 members (excludes halogenated alkanes) is 26. The third-order valence-electron chi connectivity index (χ3n) is 10.3. The van der Waals surface area contributed by atoms with Crippen LogP contribution in [-0.4, -0.2) is 23.6 Å². The van der Waals surface area contributed by atoms with Crippen LogP contribution in [0.4, 0.5) is 0 Å². The topological polar surface area (TPSA) is 60.4 Å². The molecule has 0 aromatic rings. The van der Waals surface area contributed by atoms with Gasteiger partial charge in [0.05, 0.1) is 0 Å². The molecule has 0 bridgehead atoms. The number of Topliss-reactive ketones (excluding diaryl/α,β-unsaturated/α-hetero) is 2. The highest BCUT2D eigenvalue weighted by atomic mass is 16.5. The molecule has 1 fully saturated rings. The van der Waals surface area contributed by atoms with Crippen molar-refractivity contribution in [3.63, 3.8) is 0 Å². The van der Waals surface area contributed by atoms with Crippen LogP contribution in [0.1, 0.15) is 239 Å². The molecule has 0 saturated heterocycles. The zero-order valence-corrected chi connectivity index (χ0v) is 31.0. The summed E-state index contributed by atoms with van der Waals surface area (Å²) in [6, 6.07) is 0. The van der Waals surface area contributed by atoms with Gasteiger partial charge in [-0.05, 0) is 38.5 Å². The molecule has 4 nitrogen and oxygen atoms in total. The minimum absolute atomic E-state index is 0.0752. The van der Waals surface area contributed by atoms with Gasteiger partial charge in [0.2, 0.25) is 5.78 Å². The van der Waals surface area contributed by atoms with E-state index in [1.54, 1.807) is 0 Å². The van der Waals surface area contributed by atoms with Crippen molar-refractivity contribution in [2.24, 2.45) is 5.92 Å². The summed E-state index contributed by atoms with van der Waals surface area (Å²) in [5, 5.41) is 0. The molecule has 1 saturated carbocycles. The number of ether oxygens (including phenoxy) is 1. The quantitative estimate of drug-likeness (QED) is 0.0302. The van der Waals surface area contributed by atoms with Crippen LogP contribution in [0.2, 0.25) is 0 Å². The van der Waals surface area contributed by atoms with E-state index in [-0.39, 0.29) is 18.3 Å². The predicted molar refractivity (Wildman–Crippen MR) is 196 cm³/mol. The van der Waals surface area contributed by atoms with Gasteiger partial charge in [0.1, 0.15) is 12.0 Å². The Balaban J connectivity index is 2.23. The lowest BCUT2D eigenvalue weighted by molar-refractivity contribution is -0.160. The van der Waals surface area contributed by atoms with Crippen molar-refractivity contribution in [3.8, 4) is 0 Å². The van der Waals surface area contributed by atoms with Crippen LogP contribution in [0, 0.1) is 5.92 Å². The first-order valence-electron chi connectivity index (χ1n) is 20.9. The largest absolute Gasteiger partial charge is 0.462 e. The van der Waals surface area contributed by atoms with Gasteiger partial charge in [-0.1, -0.05) is 194 Å². The van der Waals surface area contributed by atoms with E-state index in [1.807, 2.05) is 0 Å². The van der Waals surface area contributed by atoms with Crippen LogP contribution in [-0.2, 0) is 19.1 Å². The Morgan fingerprint density at radius 1 is 0.478 bits per heavy atom. The lowest BCUT2D eigenvalue weighted by Gasteiger charge is -2.24. The average molecular weight is 647 g/mol. The second-order valence-electron chi connectivity index (χ2n) is 14.8. The Morgan fingerprint density at radius 2 is 0.826 bits per heavy atom. The maximum Gasteiger partial charge on any atom is 0.317 e. The molecule has 1 aliphatic carbocycles. The molecule has 0 amide bonds. The molecular weight excluding hydrogens is 568 g/mol. The summed E-state index contributed by atoms with van der Waals surface area (Å²) < 4.78 is 5.81. The minimum Gasteiger partial charge on any atom is -0.462 e. The Hall–Kier alpha value is -1.19. The summed E-state index contributed by atoms with van der Waals surface area (Å²) in [6.45, 7) is 4.54. The summed E-state index contributed by atoms with van der Waals surface area (Å²) >= 11 is 0. The van der Waals surface area contributed by atoms with Gasteiger partial charge in [-0.15, -0.1) is 0 Å². The monoisotopic (exact) mass is 647 g/mol. The molecular formula is C42H78O4. The standard InChI is InChI=1S/C42H78O4/c1-3-5-7-9-11-13-15-17-19-21-23-25-27-32-36-39(42(45)46-38-34-30-29-31-35-38)41(44)40(43)37-33-28-26-24-22-20-18-16-14-12-10-8-6-4-2/h38-39H,3-37H2,1-2H3. The SMILES string of the molecule is CCCCCCCCCCCCCCCCC(=O)C(=O)C(CCCCCCCCCCCCCCCC)C(=O)OC1CCCCC1. The number of hydrogen-bond acceptors (Lipinski definition) is 4. The smallest absolute Gasteiger partial charge is 0.317 e. The number of ketones is 2. The molecule has 46 heavy (non-hydrogen) atoms. The third kappa shape index (κ3) is 24.9. The van der Waals surface area contributed by atoms with E-state index in [0.717, 1.165) is 64.2 Å². The first kappa shape index (κ1) is 42.8. The van der Waals surface area contributed by atoms with Crippen molar-refractivity contribution < 1.29 is 19.1 Å². The summed E-state index contributed by atoms with van der Waals surface area (Å²) in [7, 11) is 0. The molecule has 270 valence electrons. The van der Waals surface area contributed by atoms with E-state index >= 15 is 0 Å². The van der Waals surface area contributed by atoms with Crippen LogP contribution >= 0.6 is 0 Å². The van der Waals surface area contributed by atoms with Gasteiger partial charge in [0, 0.05) is 6.42 Å². The van der Waals surface area contributed by atoms with Crippen molar-refractivity contribution in [1.82, 2.24) is 0 Å². The van der Waals surface area contributed by atoms with Crippen molar-refractivity contribution in [1.29, 1.82) is 0 Å². The van der Waals surface area contributed by atoms with Crippen LogP contribution in [0.25, 0.3) is 0 Å². The van der Waals surface area contributed by atoms with Crippen LogP contribution in [0.5, 0.6) is 0 Å². The van der Waals surface area contributed by atoms with Crippen molar-refractivity contribution >= 4 is 17.5 Å². The van der Waals surface area contributed by atoms with Gasteiger partial charge in [-0.2, -0.15) is 0 Å². The van der Waals surface area contributed by atoms with E-state index in [2.05, 4.69) is 13.8 Å².